The van der Waals surface area contributed by atoms with E-state index in [1.807, 2.05) is 13.8 Å². The second-order valence-corrected chi connectivity index (χ2v) is 5.50. The Labute approximate surface area is 106 Å². The van der Waals surface area contributed by atoms with Crippen LogP contribution in [0.4, 0.5) is 0 Å². The first-order valence-electron chi connectivity index (χ1n) is 6.36. The summed E-state index contributed by atoms with van der Waals surface area (Å²) < 4.78 is 7.23. The van der Waals surface area contributed by atoms with Gasteiger partial charge in [-0.2, -0.15) is 0 Å². The van der Waals surface area contributed by atoms with Crippen molar-refractivity contribution < 1.29 is 9.53 Å². The molecule has 0 bridgehead atoms. The molecule has 1 aromatic rings. The Kier molecular flexibility index (Phi) is 2.62. The Morgan fingerprint density at radius 2 is 2.22 bits per heavy atom. The summed E-state index contributed by atoms with van der Waals surface area (Å²) in [5.41, 5.74) is -0.362. The lowest BCUT2D eigenvalue weighted by Crippen LogP contribution is -2.51. The highest BCUT2D eigenvalue weighted by Gasteiger charge is 2.41. The second kappa shape index (κ2) is 4.05. The Morgan fingerprint density at radius 1 is 1.50 bits per heavy atom. The van der Waals surface area contributed by atoms with Crippen molar-refractivity contribution in [2.45, 2.75) is 39.3 Å². The van der Waals surface area contributed by atoms with Crippen LogP contribution in [0.3, 0.4) is 0 Å². The number of nitrogens with zero attached hydrogens (tertiary/aromatic N) is 3. The van der Waals surface area contributed by atoms with E-state index in [1.54, 1.807) is 0 Å². The van der Waals surface area contributed by atoms with Gasteiger partial charge in [0.05, 0.1) is 25.2 Å². The number of hydrogen-bond acceptors (Lipinski definition) is 4. The third kappa shape index (κ3) is 1.90. The van der Waals surface area contributed by atoms with Gasteiger partial charge in [0.2, 0.25) is 5.91 Å². The number of aryl methyl sites for hydroxylation is 1. The van der Waals surface area contributed by atoms with Gasteiger partial charge in [0, 0.05) is 6.04 Å². The third-order valence-corrected chi connectivity index (χ3v) is 3.65. The van der Waals surface area contributed by atoms with Crippen LogP contribution in [0.5, 0.6) is 0 Å². The Bertz CT molecular complexity index is 474. The fourth-order valence-corrected chi connectivity index (χ4v) is 2.25. The summed E-state index contributed by atoms with van der Waals surface area (Å²) in [5.74, 6) is 1.82. The van der Waals surface area contributed by atoms with E-state index >= 15 is 0 Å². The van der Waals surface area contributed by atoms with E-state index in [2.05, 4.69) is 20.1 Å². The summed E-state index contributed by atoms with van der Waals surface area (Å²) in [6.45, 7) is 5.34. The fraction of sp³-hybridized carbons (Fsp3) is 0.750. The van der Waals surface area contributed by atoms with Crippen LogP contribution in [-0.4, -0.2) is 33.9 Å². The van der Waals surface area contributed by atoms with Crippen LogP contribution in [0.1, 0.15) is 37.5 Å². The number of aromatic nitrogens is 3. The van der Waals surface area contributed by atoms with E-state index in [9.17, 15) is 4.79 Å². The van der Waals surface area contributed by atoms with E-state index in [0.29, 0.717) is 25.8 Å². The van der Waals surface area contributed by atoms with Crippen LogP contribution in [0.25, 0.3) is 0 Å². The van der Waals surface area contributed by atoms with Gasteiger partial charge < -0.3 is 14.6 Å². The predicted molar refractivity (Wildman–Crippen MR) is 63.8 cm³/mol. The number of rotatable bonds is 4. The van der Waals surface area contributed by atoms with Crippen molar-refractivity contribution in [3.8, 4) is 0 Å². The first-order valence-corrected chi connectivity index (χ1v) is 6.36. The number of amides is 1. The number of hydrogen-bond donors (Lipinski definition) is 1. The van der Waals surface area contributed by atoms with Gasteiger partial charge in [-0.15, -0.1) is 10.2 Å². The fourth-order valence-electron chi connectivity index (χ4n) is 2.25. The highest BCUT2D eigenvalue weighted by atomic mass is 16.5. The van der Waals surface area contributed by atoms with Gasteiger partial charge >= 0.3 is 0 Å². The zero-order chi connectivity index (χ0) is 12.8. The maximum atomic E-state index is 12.0. The lowest BCUT2D eigenvalue weighted by atomic mass is 9.88. The van der Waals surface area contributed by atoms with Crippen molar-refractivity contribution in [2.75, 3.05) is 13.2 Å². The molecule has 2 fully saturated rings. The summed E-state index contributed by atoms with van der Waals surface area (Å²) in [6.07, 6.45) is 2.37. The maximum Gasteiger partial charge on any atom is 0.230 e. The van der Waals surface area contributed by atoms with Crippen LogP contribution in [0, 0.1) is 12.3 Å². The van der Waals surface area contributed by atoms with Gasteiger partial charge in [-0.25, -0.2) is 0 Å². The topological polar surface area (TPSA) is 69.0 Å². The largest absolute Gasteiger partial charge is 0.379 e. The Morgan fingerprint density at radius 3 is 2.78 bits per heavy atom. The van der Waals surface area contributed by atoms with Crippen LogP contribution >= 0.6 is 0 Å². The lowest BCUT2D eigenvalue weighted by molar-refractivity contribution is -0.157. The summed E-state index contributed by atoms with van der Waals surface area (Å²) in [6, 6.07) is 0.537. The molecule has 2 heterocycles. The number of nitrogens with one attached hydrogen (secondary N) is 1. The maximum absolute atomic E-state index is 12.0. The predicted octanol–water partition coefficient (Wildman–Crippen LogP) is 0.574. The molecule has 3 rings (SSSR count). The van der Waals surface area contributed by atoms with Gasteiger partial charge in [-0.05, 0) is 26.7 Å². The Balaban J connectivity index is 1.64. The van der Waals surface area contributed by atoms with Crippen LogP contribution in [0.2, 0.25) is 0 Å². The molecular weight excluding hydrogens is 232 g/mol. The molecule has 6 heteroatoms. The van der Waals surface area contributed by atoms with Crippen molar-refractivity contribution in [2.24, 2.45) is 5.41 Å². The molecule has 1 amide bonds. The molecule has 1 saturated carbocycles. The van der Waals surface area contributed by atoms with Gasteiger partial charge in [0.1, 0.15) is 5.82 Å². The van der Waals surface area contributed by atoms with E-state index in [1.165, 1.54) is 12.8 Å². The molecular formula is C12H18N4O2. The zero-order valence-corrected chi connectivity index (χ0v) is 10.8. The second-order valence-electron chi connectivity index (χ2n) is 5.50. The molecule has 0 spiro atoms. The van der Waals surface area contributed by atoms with Gasteiger partial charge in [-0.1, -0.05) is 0 Å². The quantitative estimate of drug-likeness (QED) is 0.848. The van der Waals surface area contributed by atoms with E-state index in [4.69, 9.17) is 4.74 Å². The van der Waals surface area contributed by atoms with Crippen molar-refractivity contribution >= 4 is 5.91 Å². The third-order valence-electron chi connectivity index (χ3n) is 3.65. The summed E-state index contributed by atoms with van der Waals surface area (Å²) in [4.78, 5) is 12.0. The molecule has 98 valence electrons. The number of carbonyl (C=O) groups is 1. The molecule has 6 nitrogen and oxygen atoms in total. The van der Waals surface area contributed by atoms with Crippen LogP contribution in [-0.2, 0) is 16.1 Å². The SMILES string of the molecule is Cc1nnc(CNC(=O)C2(C)COC2)n1C1CC1. The summed E-state index contributed by atoms with van der Waals surface area (Å²) >= 11 is 0. The molecule has 0 unspecified atom stereocenters. The first-order chi connectivity index (χ1) is 8.60. The minimum absolute atomic E-state index is 0.0387. The van der Waals surface area contributed by atoms with Crippen LogP contribution in [0.15, 0.2) is 0 Å². The number of carbonyl (C=O) groups excluding carboxylic acids is 1. The molecule has 1 N–H and O–H groups in total. The smallest absolute Gasteiger partial charge is 0.230 e. The molecule has 1 aliphatic heterocycles. The Hall–Kier alpha value is -1.43. The molecule has 1 aliphatic carbocycles. The molecule has 0 atom stereocenters. The van der Waals surface area contributed by atoms with Crippen LogP contribution < -0.4 is 5.32 Å². The van der Waals surface area contributed by atoms with Gasteiger partial charge in [-0.3, -0.25) is 4.79 Å². The molecule has 0 radical (unpaired) electrons. The van der Waals surface area contributed by atoms with E-state index in [-0.39, 0.29) is 11.3 Å². The van der Waals surface area contributed by atoms with Crippen molar-refractivity contribution in [1.82, 2.24) is 20.1 Å². The zero-order valence-electron chi connectivity index (χ0n) is 10.8. The molecule has 18 heavy (non-hydrogen) atoms. The monoisotopic (exact) mass is 250 g/mol. The first kappa shape index (κ1) is 11.6. The molecule has 1 saturated heterocycles. The normalized spacial score (nSPS) is 21.4. The minimum Gasteiger partial charge on any atom is -0.379 e. The highest BCUT2D eigenvalue weighted by Crippen LogP contribution is 2.36. The summed E-state index contributed by atoms with van der Waals surface area (Å²) in [5, 5.41) is 11.2. The molecule has 0 aromatic carbocycles. The average Bonchev–Trinajstić information content (AvgIpc) is 3.07. The van der Waals surface area contributed by atoms with Crippen molar-refractivity contribution in [1.29, 1.82) is 0 Å². The number of ether oxygens (including phenoxy) is 1. The van der Waals surface area contributed by atoms with Crippen molar-refractivity contribution in [3.63, 3.8) is 0 Å². The highest BCUT2D eigenvalue weighted by molar-refractivity contribution is 5.83. The average molecular weight is 250 g/mol. The van der Waals surface area contributed by atoms with E-state index in [0.717, 1.165) is 11.6 Å². The van der Waals surface area contributed by atoms with Crippen molar-refractivity contribution in [3.05, 3.63) is 11.6 Å². The lowest BCUT2D eigenvalue weighted by Gasteiger charge is -2.36. The van der Waals surface area contributed by atoms with Gasteiger partial charge in [0.15, 0.2) is 5.82 Å². The minimum atomic E-state index is -0.362. The summed E-state index contributed by atoms with van der Waals surface area (Å²) in [7, 11) is 0. The standard InChI is InChI=1S/C12H18N4O2/c1-8-14-15-10(16(8)9-3-4-9)5-13-11(17)12(2)6-18-7-12/h9H,3-7H2,1-2H3,(H,13,17). The molecule has 2 aliphatic rings. The van der Waals surface area contributed by atoms with Gasteiger partial charge in [0.25, 0.3) is 0 Å². The molecule has 1 aromatic heterocycles. The van der Waals surface area contributed by atoms with E-state index < -0.39 is 0 Å².